The zero-order valence-corrected chi connectivity index (χ0v) is 13.2. The number of alkyl halides is 3. The number of methoxy groups -OCH3 is 1. The zero-order chi connectivity index (χ0) is 17.9. The van der Waals surface area contributed by atoms with Gasteiger partial charge in [-0.1, -0.05) is 24.3 Å². The summed E-state index contributed by atoms with van der Waals surface area (Å²) < 4.78 is 49.7. The maximum atomic E-state index is 13.0. The molecular weight excluding hydrogens is 335 g/mol. The molecule has 0 amide bonds. The molecule has 1 heterocycles. The van der Waals surface area contributed by atoms with Crippen molar-refractivity contribution in [3.05, 3.63) is 60.0 Å². The summed E-state index contributed by atoms with van der Waals surface area (Å²) in [6, 6.07) is 12.3. The lowest BCUT2D eigenvalue weighted by atomic mass is 10.1. The molecule has 25 heavy (non-hydrogen) atoms. The lowest BCUT2D eigenvalue weighted by molar-refractivity contribution is -0.137. The summed E-state index contributed by atoms with van der Waals surface area (Å²) in [4.78, 5) is 0. The minimum absolute atomic E-state index is 0.0325. The molecule has 0 fully saturated rings. The van der Waals surface area contributed by atoms with Crippen LogP contribution in [-0.4, -0.2) is 17.3 Å². The first-order chi connectivity index (χ1) is 12.0. The topological polar surface area (TPSA) is 60.2 Å². The molecule has 130 valence electrons. The Labute approximate surface area is 141 Å². The van der Waals surface area contributed by atoms with E-state index in [1.807, 2.05) is 0 Å². The summed E-state index contributed by atoms with van der Waals surface area (Å²) in [6.45, 7) is -0.0325. The van der Waals surface area contributed by atoms with Crippen molar-refractivity contribution in [3.63, 3.8) is 0 Å². The number of anilines is 1. The average Bonchev–Trinajstić information content (AvgIpc) is 3.08. The Hall–Kier alpha value is -3.03. The summed E-state index contributed by atoms with van der Waals surface area (Å²) in [5.41, 5.74) is -0.189. The maximum Gasteiger partial charge on any atom is 0.418 e. The van der Waals surface area contributed by atoms with Crippen LogP contribution in [0.2, 0.25) is 0 Å². The van der Waals surface area contributed by atoms with Crippen molar-refractivity contribution in [1.82, 2.24) is 10.2 Å². The van der Waals surface area contributed by atoms with Crippen LogP contribution in [0.1, 0.15) is 11.5 Å². The van der Waals surface area contributed by atoms with E-state index >= 15 is 0 Å². The normalized spacial score (nSPS) is 11.4. The molecule has 2 aromatic carbocycles. The Balaban J connectivity index is 1.77. The third-order valence-electron chi connectivity index (χ3n) is 3.47. The summed E-state index contributed by atoms with van der Waals surface area (Å²) in [6.07, 6.45) is -4.44. The van der Waals surface area contributed by atoms with E-state index in [2.05, 4.69) is 15.5 Å². The standard InChI is InChI=1S/C17H14F3N3O2/c1-24-14-9-5-2-6-11(14)16-23-22-15(25-16)10-21-13-8-4-3-7-12(13)17(18,19)20/h2-9,21H,10H2,1H3. The van der Waals surface area contributed by atoms with Crippen LogP contribution in [-0.2, 0) is 12.7 Å². The van der Waals surface area contributed by atoms with Crippen molar-refractivity contribution in [2.45, 2.75) is 12.7 Å². The molecule has 0 unspecified atom stereocenters. The molecule has 3 aromatic rings. The van der Waals surface area contributed by atoms with Crippen LogP contribution in [0.4, 0.5) is 18.9 Å². The lowest BCUT2D eigenvalue weighted by Crippen LogP contribution is -2.10. The van der Waals surface area contributed by atoms with Gasteiger partial charge in [-0.05, 0) is 24.3 Å². The van der Waals surface area contributed by atoms with Gasteiger partial charge in [-0.25, -0.2) is 0 Å². The molecule has 0 aliphatic rings. The summed E-state index contributed by atoms with van der Waals surface area (Å²) in [5.74, 6) is 0.962. The van der Waals surface area contributed by atoms with Crippen molar-refractivity contribution in [2.24, 2.45) is 0 Å². The molecule has 1 N–H and O–H groups in total. The van der Waals surface area contributed by atoms with Crippen molar-refractivity contribution < 1.29 is 22.3 Å². The van der Waals surface area contributed by atoms with Crippen LogP contribution in [0.25, 0.3) is 11.5 Å². The van der Waals surface area contributed by atoms with Gasteiger partial charge < -0.3 is 14.5 Å². The SMILES string of the molecule is COc1ccccc1-c1nnc(CNc2ccccc2C(F)(F)F)o1. The number of hydrogen-bond donors (Lipinski definition) is 1. The quantitative estimate of drug-likeness (QED) is 0.741. The Bertz CT molecular complexity index is 862. The van der Waals surface area contributed by atoms with Crippen molar-refractivity contribution in [3.8, 4) is 17.2 Å². The van der Waals surface area contributed by atoms with E-state index in [-0.39, 0.29) is 24.0 Å². The molecule has 8 heteroatoms. The Kier molecular flexibility index (Phi) is 4.60. The molecule has 0 bridgehead atoms. The Morgan fingerprint density at radius 2 is 1.76 bits per heavy atom. The van der Waals surface area contributed by atoms with E-state index in [1.165, 1.54) is 25.3 Å². The van der Waals surface area contributed by atoms with Crippen LogP contribution in [0.3, 0.4) is 0 Å². The summed E-state index contributed by atoms with van der Waals surface area (Å²) >= 11 is 0. The fourth-order valence-electron chi connectivity index (χ4n) is 2.31. The molecule has 0 aliphatic heterocycles. The number of ether oxygens (including phenoxy) is 1. The van der Waals surface area contributed by atoms with Gasteiger partial charge >= 0.3 is 6.18 Å². The zero-order valence-electron chi connectivity index (χ0n) is 13.2. The molecule has 0 spiro atoms. The molecule has 1 aromatic heterocycles. The number of nitrogens with zero attached hydrogens (tertiary/aromatic N) is 2. The predicted octanol–water partition coefficient (Wildman–Crippen LogP) is 4.38. The van der Waals surface area contributed by atoms with Crippen LogP contribution < -0.4 is 10.1 Å². The number of para-hydroxylation sites is 2. The van der Waals surface area contributed by atoms with Crippen molar-refractivity contribution >= 4 is 5.69 Å². The van der Waals surface area contributed by atoms with Crippen LogP contribution >= 0.6 is 0 Å². The molecular formula is C17H14F3N3O2. The van der Waals surface area contributed by atoms with E-state index in [4.69, 9.17) is 9.15 Å². The highest BCUT2D eigenvalue weighted by Gasteiger charge is 2.33. The largest absolute Gasteiger partial charge is 0.496 e. The number of rotatable bonds is 5. The molecule has 0 aliphatic carbocycles. The van der Waals surface area contributed by atoms with Gasteiger partial charge in [0.2, 0.25) is 5.89 Å². The fraction of sp³-hybridized carbons (Fsp3) is 0.176. The van der Waals surface area contributed by atoms with E-state index in [0.29, 0.717) is 11.3 Å². The lowest BCUT2D eigenvalue weighted by Gasteiger charge is -2.13. The number of halogens is 3. The third-order valence-corrected chi connectivity index (χ3v) is 3.47. The van der Waals surface area contributed by atoms with Gasteiger partial charge in [0, 0.05) is 5.69 Å². The van der Waals surface area contributed by atoms with Crippen LogP contribution in [0.15, 0.2) is 52.9 Å². The summed E-state index contributed by atoms with van der Waals surface area (Å²) in [5, 5.41) is 10.5. The number of hydrogen-bond acceptors (Lipinski definition) is 5. The van der Waals surface area contributed by atoms with Crippen LogP contribution in [0.5, 0.6) is 5.75 Å². The van der Waals surface area contributed by atoms with E-state index in [0.717, 1.165) is 6.07 Å². The van der Waals surface area contributed by atoms with Crippen LogP contribution in [0, 0.1) is 0 Å². The first-order valence-electron chi connectivity index (χ1n) is 7.35. The number of aromatic nitrogens is 2. The van der Waals surface area contributed by atoms with Gasteiger partial charge in [0.05, 0.1) is 24.8 Å². The first-order valence-corrected chi connectivity index (χ1v) is 7.35. The Morgan fingerprint density at radius 1 is 1.04 bits per heavy atom. The van der Waals surface area contributed by atoms with Gasteiger partial charge in [0.15, 0.2) is 0 Å². The molecule has 0 atom stereocenters. The monoisotopic (exact) mass is 349 g/mol. The van der Waals surface area contributed by atoms with Crippen molar-refractivity contribution in [2.75, 3.05) is 12.4 Å². The number of nitrogens with one attached hydrogen (secondary N) is 1. The molecule has 0 saturated carbocycles. The highest BCUT2D eigenvalue weighted by atomic mass is 19.4. The second-order valence-electron chi connectivity index (χ2n) is 5.10. The minimum Gasteiger partial charge on any atom is -0.496 e. The highest BCUT2D eigenvalue weighted by molar-refractivity contribution is 5.62. The summed E-state index contributed by atoms with van der Waals surface area (Å²) in [7, 11) is 1.52. The fourth-order valence-corrected chi connectivity index (χ4v) is 2.31. The second kappa shape index (κ2) is 6.84. The molecule has 5 nitrogen and oxygen atoms in total. The first kappa shape index (κ1) is 16.8. The smallest absolute Gasteiger partial charge is 0.418 e. The van der Waals surface area contributed by atoms with Crippen molar-refractivity contribution in [1.29, 1.82) is 0 Å². The average molecular weight is 349 g/mol. The Morgan fingerprint density at radius 3 is 2.52 bits per heavy atom. The van der Waals surface area contributed by atoms with E-state index in [9.17, 15) is 13.2 Å². The highest BCUT2D eigenvalue weighted by Crippen LogP contribution is 2.35. The van der Waals surface area contributed by atoms with Gasteiger partial charge in [0.1, 0.15) is 5.75 Å². The van der Waals surface area contributed by atoms with Gasteiger partial charge in [-0.3, -0.25) is 0 Å². The molecule has 0 saturated heterocycles. The van der Waals surface area contributed by atoms with Gasteiger partial charge in [-0.2, -0.15) is 13.2 Å². The third kappa shape index (κ3) is 3.73. The van der Waals surface area contributed by atoms with Gasteiger partial charge in [0.25, 0.3) is 5.89 Å². The van der Waals surface area contributed by atoms with Gasteiger partial charge in [-0.15, -0.1) is 10.2 Å². The maximum absolute atomic E-state index is 13.0. The second-order valence-corrected chi connectivity index (χ2v) is 5.10. The van der Waals surface area contributed by atoms with E-state index in [1.54, 1.807) is 24.3 Å². The molecule has 3 rings (SSSR count). The number of benzene rings is 2. The molecule has 0 radical (unpaired) electrons. The minimum atomic E-state index is -4.44. The predicted molar refractivity (Wildman–Crippen MR) is 85.1 cm³/mol. The van der Waals surface area contributed by atoms with E-state index < -0.39 is 11.7 Å².